The minimum Gasteiger partial charge on any atom is -0.496 e. The van der Waals surface area contributed by atoms with Crippen molar-refractivity contribution in [1.29, 1.82) is 0 Å². The van der Waals surface area contributed by atoms with Gasteiger partial charge < -0.3 is 16.2 Å². The van der Waals surface area contributed by atoms with E-state index in [-0.39, 0.29) is 6.04 Å². The number of methoxy groups -OCH3 is 1. The number of aromatic nitrogens is 1. The van der Waals surface area contributed by atoms with Crippen LogP contribution in [0.4, 0.5) is 14.6 Å². The lowest BCUT2D eigenvalue weighted by Crippen LogP contribution is -2.39. The quantitative estimate of drug-likeness (QED) is 0.701. The number of hydrogen-bond acceptors (Lipinski definition) is 5. The van der Waals surface area contributed by atoms with Crippen LogP contribution in [0.25, 0.3) is 21.9 Å². The van der Waals surface area contributed by atoms with Crippen LogP contribution in [0.15, 0.2) is 36.5 Å². The number of ether oxygens (including phenoxy) is 1. The first-order valence-corrected chi connectivity index (χ1v) is 9.64. The number of halogens is 2. The van der Waals surface area contributed by atoms with Crippen molar-refractivity contribution in [2.24, 2.45) is 5.73 Å². The van der Waals surface area contributed by atoms with Gasteiger partial charge in [0.1, 0.15) is 11.6 Å². The van der Waals surface area contributed by atoms with E-state index in [2.05, 4.69) is 9.88 Å². The second-order valence-electron chi connectivity index (χ2n) is 7.52. The molecule has 0 aliphatic carbocycles. The number of nitrogens with zero attached hydrogens (tertiary/aromatic N) is 2. The molecule has 1 saturated heterocycles. The fourth-order valence-corrected chi connectivity index (χ4v) is 3.93. The summed E-state index contributed by atoms with van der Waals surface area (Å²) in [4.78, 5) is 6.61. The molecule has 5 nitrogen and oxygen atoms in total. The lowest BCUT2D eigenvalue weighted by atomic mass is 9.97. The molecule has 0 saturated carbocycles. The summed E-state index contributed by atoms with van der Waals surface area (Å²) < 4.78 is 32.9. The summed E-state index contributed by atoms with van der Waals surface area (Å²) in [6.45, 7) is 2.63. The molecular formula is C22H24F2N4O. The summed E-state index contributed by atoms with van der Waals surface area (Å²) in [5.74, 6) is -0.845. The van der Waals surface area contributed by atoms with E-state index in [0.717, 1.165) is 49.5 Å². The van der Waals surface area contributed by atoms with Gasteiger partial charge >= 0.3 is 0 Å². The third kappa shape index (κ3) is 3.88. The van der Waals surface area contributed by atoms with Crippen LogP contribution in [0.2, 0.25) is 0 Å². The molecule has 7 heteroatoms. The first-order chi connectivity index (χ1) is 14.0. The molecule has 1 fully saturated rings. The molecule has 2 aromatic carbocycles. The summed E-state index contributed by atoms with van der Waals surface area (Å²) in [5, 5.41) is 1.46. The maximum absolute atomic E-state index is 13.8. The molecule has 0 bridgehead atoms. The van der Waals surface area contributed by atoms with Gasteiger partial charge in [0.05, 0.1) is 12.5 Å². The standard InChI is InChI=1S/C22H24F2N4O/c1-29-20-9-13(12-28-6-4-15(25)5-7-28)8-16-17(11-27-22(26)21(16)20)14-2-3-18(23)19(24)10-14/h2-3,8-11,15H,4-7,12,25H2,1H3,(H2,26,27). The van der Waals surface area contributed by atoms with E-state index in [4.69, 9.17) is 16.2 Å². The van der Waals surface area contributed by atoms with Crippen LogP contribution < -0.4 is 16.2 Å². The average molecular weight is 398 g/mol. The van der Waals surface area contributed by atoms with E-state index >= 15 is 0 Å². The maximum Gasteiger partial charge on any atom is 0.159 e. The molecule has 0 amide bonds. The van der Waals surface area contributed by atoms with Gasteiger partial charge in [-0.05, 0) is 66.7 Å². The Morgan fingerprint density at radius 2 is 1.90 bits per heavy atom. The Labute approximate surface area is 168 Å². The summed E-state index contributed by atoms with van der Waals surface area (Å²) in [7, 11) is 1.59. The number of anilines is 1. The Morgan fingerprint density at radius 1 is 1.14 bits per heavy atom. The second kappa shape index (κ2) is 7.93. The van der Waals surface area contributed by atoms with Gasteiger partial charge in [0.2, 0.25) is 0 Å². The van der Waals surface area contributed by atoms with Crippen LogP contribution in [0, 0.1) is 11.6 Å². The smallest absolute Gasteiger partial charge is 0.159 e. The van der Waals surface area contributed by atoms with Gasteiger partial charge in [-0.3, -0.25) is 4.90 Å². The van der Waals surface area contributed by atoms with Crippen LogP contribution in [-0.4, -0.2) is 36.1 Å². The van der Waals surface area contributed by atoms with E-state index in [1.54, 1.807) is 13.3 Å². The molecule has 3 aromatic rings. The maximum atomic E-state index is 13.8. The van der Waals surface area contributed by atoms with Crippen LogP contribution in [0.3, 0.4) is 0 Å². The molecule has 152 valence electrons. The molecular weight excluding hydrogens is 374 g/mol. The highest BCUT2D eigenvalue weighted by molar-refractivity contribution is 6.05. The SMILES string of the molecule is COc1cc(CN2CCC(N)CC2)cc2c(-c3ccc(F)c(F)c3)cnc(N)c12. The molecule has 4 N–H and O–H groups in total. The molecule has 0 spiro atoms. The van der Waals surface area contributed by atoms with E-state index in [1.165, 1.54) is 12.1 Å². The number of hydrogen-bond donors (Lipinski definition) is 2. The van der Waals surface area contributed by atoms with Gasteiger partial charge in [-0.25, -0.2) is 13.8 Å². The summed E-state index contributed by atoms with van der Waals surface area (Å²) >= 11 is 0. The summed E-state index contributed by atoms with van der Waals surface area (Å²) in [6.07, 6.45) is 3.54. The zero-order chi connectivity index (χ0) is 20.5. The fraction of sp³-hybridized carbons (Fsp3) is 0.318. The zero-order valence-electron chi connectivity index (χ0n) is 16.3. The highest BCUT2D eigenvalue weighted by Crippen LogP contribution is 2.38. The van der Waals surface area contributed by atoms with E-state index in [9.17, 15) is 8.78 Å². The van der Waals surface area contributed by atoms with E-state index in [1.807, 2.05) is 12.1 Å². The number of nitrogens with two attached hydrogens (primary N) is 2. The number of piperidine rings is 1. The Morgan fingerprint density at radius 3 is 2.59 bits per heavy atom. The van der Waals surface area contributed by atoms with Gasteiger partial charge in [0, 0.05) is 24.3 Å². The lowest BCUT2D eigenvalue weighted by Gasteiger charge is -2.30. The number of benzene rings is 2. The Kier molecular flexibility index (Phi) is 5.34. The van der Waals surface area contributed by atoms with Crippen molar-refractivity contribution < 1.29 is 13.5 Å². The third-order valence-electron chi connectivity index (χ3n) is 5.53. The van der Waals surface area contributed by atoms with Crippen molar-refractivity contribution in [3.63, 3.8) is 0 Å². The topological polar surface area (TPSA) is 77.4 Å². The molecule has 29 heavy (non-hydrogen) atoms. The summed E-state index contributed by atoms with van der Waals surface area (Å²) in [5.41, 5.74) is 14.4. The van der Waals surface area contributed by atoms with Crippen molar-refractivity contribution in [1.82, 2.24) is 9.88 Å². The van der Waals surface area contributed by atoms with Crippen LogP contribution >= 0.6 is 0 Å². The minimum absolute atomic E-state index is 0.267. The van der Waals surface area contributed by atoms with E-state index in [0.29, 0.717) is 28.1 Å². The number of nitrogen functional groups attached to an aromatic ring is 1. The summed E-state index contributed by atoms with van der Waals surface area (Å²) in [6, 6.07) is 8.09. The van der Waals surface area contributed by atoms with Gasteiger partial charge in [-0.15, -0.1) is 0 Å². The van der Waals surface area contributed by atoms with Gasteiger partial charge in [-0.2, -0.15) is 0 Å². The van der Waals surface area contributed by atoms with Gasteiger partial charge in [0.25, 0.3) is 0 Å². The largest absolute Gasteiger partial charge is 0.496 e. The lowest BCUT2D eigenvalue weighted by molar-refractivity contribution is 0.205. The van der Waals surface area contributed by atoms with E-state index < -0.39 is 11.6 Å². The molecule has 4 rings (SSSR count). The van der Waals surface area contributed by atoms with Crippen molar-refractivity contribution >= 4 is 16.6 Å². The predicted molar refractivity (Wildman–Crippen MR) is 111 cm³/mol. The second-order valence-corrected chi connectivity index (χ2v) is 7.52. The van der Waals surface area contributed by atoms with Crippen LogP contribution in [0.1, 0.15) is 18.4 Å². The van der Waals surface area contributed by atoms with Crippen molar-refractivity contribution in [2.75, 3.05) is 25.9 Å². The molecule has 0 radical (unpaired) electrons. The monoisotopic (exact) mass is 398 g/mol. The molecule has 0 unspecified atom stereocenters. The first kappa shape index (κ1) is 19.5. The van der Waals surface area contributed by atoms with Crippen molar-refractivity contribution in [3.8, 4) is 16.9 Å². The highest BCUT2D eigenvalue weighted by atomic mass is 19.2. The van der Waals surface area contributed by atoms with Crippen molar-refractivity contribution in [3.05, 3.63) is 53.7 Å². The fourth-order valence-electron chi connectivity index (χ4n) is 3.93. The van der Waals surface area contributed by atoms with Gasteiger partial charge in [-0.1, -0.05) is 6.07 Å². The molecule has 1 aromatic heterocycles. The normalized spacial score (nSPS) is 15.7. The number of likely N-dealkylation sites (tertiary alicyclic amines) is 1. The highest BCUT2D eigenvalue weighted by Gasteiger charge is 2.19. The molecule has 2 heterocycles. The third-order valence-corrected chi connectivity index (χ3v) is 5.53. The van der Waals surface area contributed by atoms with Crippen molar-refractivity contribution in [2.45, 2.75) is 25.4 Å². The first-order valence-electron chi connectivity index (χ1n) is 9.64. The number of pyridine rings is 1. The molecule has 1 aliphatic rings. The Hall–Kier alpha value is -2.77. The average Bonchev–Trinajstić information content (AvgIpc) is 2.71. The minimum atomic E-state index is -0.903. The zero-order valence-corrected chi connectivity index (χ0v) is 16.3. The number of rotatable bonds is 4. The Balaban J connectivity index is 1.82. The van der Waals surface area contributed by atoms with Gasteiger partial charge in [0.15, 0.2) is 11.6 Å². The van der Waals surface area contributed by atoms with Crippen LogP contribution in [0.5, 0.6) is 5.75 Å². The Bertz CT molecular complexity index is 1050. The molecule has 1 aliphatic heterocycles. The predicted octanol–water partition coefficient (Wildman–Crippen LogP) is 3.69. The van der Waals surface area contributed by atoms with Crippen LogP contribution in [-0.2, 0) is 6.54 Å². The number of fused-ring (bicyclic) bond motifs is 1. The molecule has 0 atom stereocenters.